The number of thiazole rings is 1. The van der Waals surface area contributed by atoms with E-state index in [-0.39, 0.29) is 5.88 Å². The molecule has 72 valence electrons. The lowest BCUT2D eigenvalue weighted by atomic mass is 10.1. The van der Waals surface area contributed by atoms with Crippen molar-refractivity contribution in [2.75, 3.05) is 0 Å². The fourth-order valence-corrected chi connectivity index (χ4v) is 2.85. The van der Waals surface area contributed by atoms with Crippen molar-refractivity contribution in [3.05, 3.63) is 9.88 Å². The van der Waals surface area contributed by atoms with Crippen LogP contribution in [0.5, 0.6) is 5.88 Å². The Balaban J connectivity index is 2.20. The molecular weight excluding hydrogens is 184 g/mol. The predicted molar refractivity (Wildman–Crippen MR) is 52.9 cm³/mol. The Morgan fingerprint density at radius 2 is 2.15 bits per heavy atom. The minimum Gasteiger partial charge on any atom is -0.492 e. The molecule has 2 rings (SSSR count). The maximum Gasteiger partial charge on any atom is 0.226 e. The molecule has 0 atom stereocenters. The van der Waals surface area contributed by atoms with Crippen molar-refractivity contribution >= 4 is 11.3 Å². The second kappa shape index (κ2) is 3.64. The Labute approximate surface area is 81.6 Å². The monoisotopic (exact) mass is 198 g/mol. The topological polar surface area (TPSA) is 59.1 Å². The molecule has 0 unspecified atom stereocenters. The third-order valence-corrected chi connectivity index (χ3v) is 3.81. The van der Waals surface area contributed by atoms with Crippen molar-refractivity contribution in [3.8, 4) is 5.88 Å². The second-order valence-corrected chi connectivity index (χ2v) is 4.60. The average molecular weight is 198 g/mol. The highest BCUT2D eigenvalue weighted by atomic mass is 32.1. The van der Waals surface area contributed by atoms with Crippen molar-refractivity contribution < 1.29 is 5.11 Å². The number of nitrogens with two attached hydrogens (primary N) is 1. The number of nitrogens with zero attached hydrogens (tertiary/aromatic N) is 1. The van der Waals surface area contributed by atoms with E-state index in [1.807, 2.05) is 0 Å². The SMILES string of the molecule is NCc1sc(C2CCCC2)nc1O. The molecule has 3 N–H and O–H groups in total. The Hall–Kier alpha value is -0.610. The van der Waals surface area contributed by atoms with E-state index < -0.39 is 0 Å². The molecule has 0 saturated heterocycles. The minimum absolute atomic E-state index is 0.148. The Kier molecular flexibility index (Phi) is 2.51. The molecule has 1 aromatic rings. The summed E-state index contributed by atoms with van der Waals surface area (Å²) in [5.74, 6) is 0.727. The molecule has 0 aliphatic heterocycles. The van der Waals surface area contributed by atoms with Crippen molar-refractivity contribution in [2.24, 2.45) is 5.73 Å². The molecule has 0 spiro atoms. The fraction of sp³-hybridized carbons (Fsp3) is 0.667. The normalized spacial score (nSPS) is 18.2. The maximum absolute atomic E-state index is 9.41. The van der Waals surface area contributed by atoms with E-state index in [1.54, 1.807) is 11.3 Å². The van der Waals surface area contributed by atoms with Gasteiger partial charge in [0.25, 0.3) is 0 Å². The lowest BCUT2D eigenvalue weighted by Crippen LogP contribution is -1.92. The molecule has 4 heteroatoms. The summed E-state index contributed by atoms with van der Waals surface area (Å²) in [4.78, 5) is 4.98. The van der Waals surface area contributed by atoms with Gasteiger partial charge in [0.05, 0.1) is 4.88 Å². The summed E-state index contributed by atoms with van der Waals surface area (Å²) in [6, 6.07) is 0. The van der Waals surface area contributed by atoms with Crippen molar-refractivity contribution in [1.82, 2.24) is 4.98 Å². The van der Waals surface area contributed by atoms with E-state index in [9.17, 15) is 5.11 Å². The van der Waals surface area contributed by atoms with E-state index in [0.29, 0.717) is 12.5 Å². The van der Waals surface area contributed by atoms with E-state index in [1.165, 1.54) is 25.7 Å². The van der Waals surface area contributed by atoms with Crippen molar-refractivity contribution in [1.29, 1.82) is 0 Å². The molecule has 0 aromatic carbocycles. The zero-order chi connectivity index (χ0) is 9.26. The number of rotatable bonds is 2. The number of aromatic nitrogens is 1. The van der Waals surface area contributed by atoms with Gasteiger partial charge in [0.1, 0.15) is 5.01 Å². The van der Waals surface area contributed by atoms with Gasteiger partial charge in [-0.2, -0.15) is 0 Å². The second-order valence-electron chi connectivity index (χ2n) is 3.48. The molecule has 1 fully saturated rings. The molecule has 0 radical (unpaired) electrons. The van der Waals surface area contributed by atoms with Gasteiger partial charge in [0.15, 0.2) is 0 Å². The smallest absolute Gasteiger partial charge is 0.226 e. The predicted octanol–water partition coefficient (Wildman–Crippen LogP) is 1.97. The van der Waals surface area contributed by atoms with Gasteiger partial charge in [0, 0.05) is 12.5 Å². The third kappa shape index (κ3) is 1.69. The van der Waals surface area contributed by atoms with Crippen LogP contribution in [-0.2, 0) is 6.54 Å². The zero-order valence-corrected chi connectivity index (χ0v) is 8.31. The average Bonchev–Trinajstić information content (AvgIpc) is 2.71. The van der Waals surface area contributed by atoms with Crippen LogP contribution in [0.2, 0.25) is 0 Å². The fourth-order valence-electron chi connectivity index (χ4n) is 1.84. The van der Waals surface area contributed by atoms with Crippen LogP contribution in [0.15, 0.2) is 0 Å². The molecule has 3 nitrogen and oxygen atoms in total. The molecule has 1 aromatic heterocycles. The Morgan fingerprint density at radius 3 is 2.69 bits per heavy atom. The highest BCUT2D eigenvalue weighted by molar-refractivity contribution is 7.12. The molecule has 0 amide bonds. The highest BCUT2D eigenvalue weighted by Crippen LogP contribution is 2.38. The van der Waals surface area contributed by atoms with Crippen LogP contribution in [0.3, 0.4) is 0 Å². The maximum atomic E-state index is 9.41. The summed E-state index contributed by atoms with van der Waals surface area (Å²) in [5.41, 5.74) is 5.47. The highest BCUT2D eigenvalue weighted by Gasteiger charge is 2.21. The van der Waals surface area contributed by atoms with Crippen molar-refractivity contribution in [3.63, 3.8) is 0 Å². The van der Waals surface area contributed by atoms with Crippen molar-refractivity contribution in [2.45, 2.75) is 38.1 Å². The van der Waals surface area contributed by atoms with Gasteiger partial charge >= 0.3 is 0 Å². The zero-order valence-electron chi connectivity index (χ0n) is 7.49. The van der Waals surface area contributed by atoms with Crippen LogP contribution in [-0.4, -0.2) is 10.1 Å². The van der Waals surface area contributed by atoms with Crippen LogP contribution in [0.25, 0.3) is 0 Å². The lowest BCUT2D eigenvalue weighted by molar-refractivity contribution is 0.448. The van der Waals surface area contributed by atoms with Gasteiger partial charge < -0.3 is 10.8 Å². The molecule has 1 saturated carbocycles. The number of aromatic hydroxyl groups is 1. The van der Waals surface area contributed by atoms with Gasteiger partial charge in [-0.15, -0.1) is 11.3 Å². The molecule has 1 heterocycles. The molecule has 0 bridgehead atoms. The van der Waals surface area contributed by atoms with Gasteiger partial charge in [-0.05, 0) is 12.8 Å². The van der Waals surface area contributed by atoms with Gasteiger partial charge in [0.2, 0.25) is 5.88 Å². The lowest BCUT2D eigenvalue weighted by Gasteiger charge is -2.01. The van der Waals surface area contributed by atoms with Gasteiger partial charge in [-0.1, -0.05) is 12.8 Å². The van der Waals surface area contributed by atoms with Gasteiger partial charge in [-0.25, -0.2) is 4.98 Å². The first-order valence-electron chi connectivity index (χ1n) is 4.70. The summed E-state index contributed by atoms with van der Waals surface area (Å²) < 4.78 is 0. The minimum atomic E-state index is 0.148. The van der Waals surface area contributed by atoms with E-state index in [4.69, 9.17) is 5.73 Å². The van der Waals surface area contributed by atoms with Gasteiger partial charge in [-0.3, -0.25) is 0 Å². The number of hydrogen-bond acceptors (Lipinski definition) is 4. The standard InChI is InChI=1S/C9H14N2OS/c10-5-7-8(12)11-9(13-7)6-3-1-2-4-6/h6,12H,1-5,10H2. The summed E-state index contributed by atoms with van der Waals surface area (Å²) >= 11 is 1.57. The first kappa shape index (κ1) is 8.97. The Morgan fingerprint density at radius 1 is 1.46 bits per heavy atom. The summed E-state index contributed by atoms with van der Waals surface area (Å²) in [7, 11) is 0. The summed E-state index contributed by atoms with van der Waals surface area (Å²) in [6.45, 7) is 0.399. The first-order chi connectivity index (χ1) is 6.31. The molecular formula is C9H14N2OS. The van der Waals surface area contributed by atoms with Crippen LogP contribution in [0.1, 0.15) is 41.5 Å². The van der Waals surface area contributed by atoms with Crippen LogP contribution < -0.4 is 5.73 Å². The molecule has 1 aliphatic carbocycles. The quantitative estimate of drug-likeness (QED) is 0.763. The third-order valence-electron chi connectivity index (χ3n) is 2.58. The largest absolute Gasteiger partial charge is 0.492 e. The van der Waals surface area contributed by atoms with E-state index in [2.05, 4.69) is 4.98 Å². The first-order valence-corrected chi connectivity index (χ1v) is 5.51. The summed E-state index contributed by atoms with van der Waals surface area (Å²) in [6.07, 6.45) is 5.03. The van der Waals surface area contributed by atoms with Crippen LogP contribution in [0.4, 0.5) is 0 Å². The molecule has 1 aliphatic rings. The van der Waals surface area contributed by atoms with E-state index >= 15 is 0 Å². The summed E-state index contributed by atoms with van der Waals surface area (Å²) in [5, 5.41) is 10.5. The number of hydrogen-bond donors (Lipinski definition) is 2. The Bertz CT molecular complexity index is 292. The van der Waals surface area contributed by atoms with Crippen LogP contribution >= 0.6 is 11.3 Å². The van der Waals surface area contributed by atoms with E-state index in [0.717, 1.165) is 9.88 Å². The van der Waals surface area contributed by atoms with Crippen LogP contribution in [0, 0.1) is 0 Å². The molecule has 13 heavy (non-hydrogen) atoms.